The molecule has 6 rings (SSSR count). The minimum atomic E-state index is -1.15. The van der Waals surface area contributed by atoms with E-state index in [1.54, 1.807) is 23.1 Å². The van der Waals surface area contributed by atoms with E-state index < -0.39 is 19.1 Å². The molecule has 0 spiro atoms. The third kappa shape index (κ3) is 4.31. The number of phenolic OH excluding ortho intramolecular Hbond substituents is 1. The molecule has 2 N–H and O–H groups in total. The average molecular weight is 500 g/mol. The van der Waals surface area contributed by atoms with Gasteiger partial charge in [0.15, 0.2) is 0 Å². The molecule has 2 amide bonds. The average Bonchev–Trinajstić information content (AvgIpc) is 3.14. The first-order valence-corrected chi connectivity index (χ1v) is 13.4. The second kappa shape index (κ2) is 9.74. The molecule has 4 atom stereocenters. The van der Waals surface area contributed by atoms with E-state index in [4.69, 9.17) is 4.65 Å². The summed E-state index contributed by atoms with van der Waals surface area (Å²) in [5.74, 6) is -1.22. The SMILES string of the molecule is CC1=C2B(O)O[C@H](c3ccccc3O)C[C@H]2[C@H]2C(=O)N(C3CCN(Cc4ccccc4)CC3)C(=O)[C@H]2C1. The fourth-order valence-electron chi connectivity index (χ4n) is 7.08. The van der Waals surface area contributed by atoms with Gasteiger partial charge in [-0.1, -0.05) is 54.1 Å². The van der Waals surface area contributed by atoms with E-state index in [1.807, 2.05) is 31.2 Å². The van der Waals surface area contributed by atoms with Gasteiger partial charge < -0.3 is 14.8 Å². The largest absolute Gasteiger partial charge is 0.508 e. The zero-order chi connectivity index (χ0) is 25.7. The van der Waals surface area contributed by atoms with Gasteiger partial charge in [-0.05, 0) is 55.6 Å². The number of hydrogen-bond donors (Lipinski definition) is 2. The molecule has 37 heavy (non-hydrogen) atoms. The number of carbonyl (C=O) groups excluding carboxylic acids is 2. The van der Waals surface area contributed by atoms with E-state index in [1.165, 1.54) is 5.56 Å². The number of hydrogen-bond acceptors (Lipinski definition) is 6. The number of imide groups is 1. The van der Waals surface area contributed by atoms with Crippen molar-refractivity contribution in [1.29, 1.82) is 0 Å². The number of allylic oxidation sites excluding steroid dienone is 2. The summed E-state index contributed by atoms with van der Waals surface area (Å²) in [6.07, 6.45) is 1.94. The van der Waals surface area contributed by atoms with Crippen molar-refractivity contribution in [3.8, 4) is 5.75 Å². The first-order valence-electron chi connectivity index (χ1n) is 13.4. The molecule has 0 unspecified atom stereocenters. The normalized spacial score (nSPS) is 29.0. The Hall–Kier alpha value is -2.94. The molecule has 0 bridgehead atoms. The molecule has 8 heteroatoms. The number of piperidine rings is 1. The fourth-order valence-corrected chi connectivity index (χ4v) is 7.08. The van der Waals surface area contributed by atoms with Gasteiger partial charge in [0.05, 0.1) is 17.9 Å². The van der Waals surface area contributed by atoms with Gasteiger partial charge in [0.1, 0.15) is 5.75 Å². The number of rotatable bonds is 4. The molecule has 3 aliphatic heterocycles. The lowest BCUT2D eigenvalue weighted by molar-refractivity contribution is -0.144. The van der Waals surface area contributed by atoms with Crippen LogP contribution in [0.25, 0.3) is 0 Å². The Labute approximate surface area is 217 Å². The Morgan fingerprint density at radius 1 is 0.973 bits per heavy atom. The molecule has 3 saturated heterocycles. The zero-order valence-corrected chi connectivity index (χ0v) is 21.1. The van der Waals surface area contributed by atoms with Crippen molar-refractivity contribution in [2.45, 2.75) is 51.3 Å². The Morgan fingerprint density at radius 3 is 2.41 bits per heavy atom. The number of benzene rings is 2. The van der Waals surface area contributed by atoms with Crippen molar-refractivity contribution in [3.05, 3.63) is 76.8 Å². The third-order valence-corrected chi connectivity index (χ3v) is 8.84. The number of aromatic hydroxyl groups is 1. The van der Waals surface area contributed by atoms with Crippen LogP contribution < -0.4 is 0 Å². The molecule has 0 aromatic heterocycles. The summed E-state index contributed by atoms with van der Waals surface area (Å²) in [5.41, 5.74) is 3.55. The molecule has 0 saturated carbocycles. The van der Waals surface area contributed by atoms with Crippen molar-refractivity contribution in [2.24, 2.45) is 17.8 Å². The maximum atomic E-state index is 13.9. The van der Waals surface area contributed by atoms with E-state index in [9.17, 15) is 19.7 Å². The van der Waals surface area contributed by atoms with Crippen LogP contribution in [0.2, 0.25) is 0 Å². The first-order chi connectivity index (χ1) is 17.9. The molecule has 0 radical (unpaired) electrons. The van der Waals surface area contributed by atoms with Crippen molar-refractivity contribution < 1.29 is 24.4 Å². The minimum absolute atomic E-state index is 0.0602. The lowest BCUT2D eigenvalue weighted by Crippen LogP contribution is -2.48. The molecule has 1 aliphatic carbocycles. The number of fused-ring (bicyclic) bond motifs is 3. The van der Waals surface area contributed by atoms with Crippen molar-refractivity contribution in [1.82, 2.24) is 9.80 Å². The number of amides is 2. The smallest absolute Gasteiger partial charge is 0.487 e. The lowest BCUT2D eigenvalue weighted by atomic mass is 9.55. The number of para-hydroxylation sites is 1. The van der Waals surface area contributed by atoms with Crippen LogP contribution in [0, 0.1) is 17.8 Å². The standard InChI is InChI=1S/C29H33BN2O5/c1-18-15-23-26(22-16-25(37-30(36)27(18)22)21-9-5-6-10-24(21)33)29(35)32(28(23)34)20-11-13-31(14-12-20)17-19-7-3-2-4-8-19/h2-10,20,22-23,25-26,33,36H,11-17H2,1H3/t22-,23-,25-,26+/m0/s1. The highest BCUT2D eigenvalue weighted by Crippen LogP contribution is 2.52. The molecule has 2 aromatic carbocycles. The van der Waals surface area contributed by atoms with Gasteiger partial charge in [-0.3, -0.25) is 19.4 Å². The second-order valence-corrected chi connectivity index (χ2v) is 11.0. The van der Waals surface area contributed by atoms with Crippen molar-refractivity contribution >= 4 is 18.9 Å². The molecule has 7 nitrogen and oxygen atoms in total. The van der Waals surface area contributed by atoms with Gasteiger partial charge in [0.25, 0.3) is 0 Å². The highest BCUT2D eigenvalue weighted by Gasteiger charge is 2.58. The number of likely N-dealkylation sites (tertiary alicyclic amines) is 2. The van der Waals surface area contributed by atoms with Crippen molar-refractivity contribution in [2.75, 3.05) is 13.1 Å². The number of phenols is 1. The monoisotopic (exact) mass is 500 g/mol. The zero-order valence-electron chi connectivity index (χ0n) is 21.1. The summed E-state index contributed by atoms with van der Waals surface area (Å²) in [6.45, 7) is 4.51. The Bertz CT molecular complexity index is 1230. The lowest BCUT2D eigenvalue weighted by Gasteiger charge is -2.41. The molecule has 3 heterocycles. The topological polar surface area (TPSA) is 90.3 Å². The highest BCUT2D eigenvalue weighted by atomic mass is 16.5. The van der Waals surface area contributed by atoms with Crippen LogP contribution in [-0.2, 0) is 20.8 Å². The van der Waals surface area contributed by atoms with Gasteiger partial charge in [-0.15, -0.1) is 0 Å². The molecule has 2 aromatic rings. The van der Waals surface area contributed by atoms with Gasteiger partial charge in [0, 0.05) is 31.2 Å². The third-order valence-electron chi connectivity index (χ3n) is 8.84. The van der Waals surface area contributed by atoms with Crippen molar-refractivity contribution in [3.63, 3.8) is 0 Å². The Morgan fingerprint density at radius 2 is 1.68 bits per heavy atom. The predicted octanol–water partition coefficient (Wildman–Crippen LogP) is 3.48. The first kappa shape index (κ1) is 24.4. The molecular weight excluding hydrogens is 467 g/mol. The van der Waals surface area contributed by atoms with Crippen LogP contribution in [0.3, 0.4) is 0 Å². The van der Waals surface area contributed by atoms with Gasteiger partial charge in [-0.25, -0.2) is 0 Å². The molecular formula is C29H33BN2O5. The maximum Gasteiger partial charge on any atom is 0.487 e. The summed E-state index contributed by atoms with van der Waals surface area (Å²) in [4.78, 5) is 31.5. The predicted molar refractivity (Wildman–Crippen MR) is 139 cm³/mol. The Kier molecular flexibility index (Phi) is 6.43. The van der Waals surface area contributed by atoms with Crippen LogP contribution in [0.1, 0.15) is 49.8 Å². The van der Waals surface area contributed by atoms with Gasteiger partial charge in [0.2, 0.25) is 11.8 Å². The summed E-state index contributed by atoms with van der Waals surface area (Å²) < 4.78 is 5.93. The summed E-state index contributed by atoms with van der Waals surface area (Å²) in [7, 11) is -1.15. The number of carbonyl (C=O) groups is 2. The fraction of sp³-hybridized carbons (Fsp3) is 0.448. The second-order valence-electron chi connectivity index (χ2n) is 11.0. The van der Waals surface area contributed by atoms with E-state index >= 15 is 0 Å². The van der Waals surface area contributed by atoms with Crippen LogP contribution in [0.15, 0.2) is 65.6 Å². The maximum absolute atomic E-state index is 13.9. The van der Waals surface area contributed by atoms with Gasteiger partial charge >= 0.3 is 7.12 Å². The van der Waals surface area contributed by atoms with E-state index in [0.29, 0.717) is 18.4 Å². The highest BCUT2D eigenvalue weighted by molar-refractivity contribution is 6.53. The summed E-state index contributed by atoms with van der Waals surface area (Å²) in [5, 5.41) is 21.4. The summed E-state index contributed by atoms with van der Waals surface area (Å²) in [6, 6.07) is 17.2. The number of nitrogens with zero attached hydrogens (tertiary/aromatic N) is 2. The van der Waals surface area contributed by atoms with Crippen LogP contribution in [0.4, 0.5) is 0 Å². The van der Waals surface area contributed by atoms with Crippen LogP contribution >= 0.6 is 0 Å². The quantitative estimate of drug-likeness (QED) is 0.494. The summed E-state index contributed by atoms with van der Waals surface area (Å²) >= 11 is 0. The van der Waals surface area contributed by atoms with E-state index in [2.05, 4.69) is 17.0 Å². The minimum Gasteiger partial charge on any atom is -0.508 e. The van der Waals surface area contributed by atoms with Crippen LogP contribution in [-0.4, -0.2) is 58.0 Å². The van der Waals surface area contributed by atoms with Gasteiger partial charge in [-0.2, -0.15) is 0 Å². The molecule has 192 valence electrons. The molecule has 4 aliphatic rings. The van der Waals surface area contributed by atoms with Crippen LogP contribution in [0.5, 0.6) is 5.75 Å². The Balaban J connectivity index is 1.20. The van der Waals surface area contributed by atoms with E-state index in [-0.39, 0.29) is 35.4 Å². The van der Waals surface area contributed by atoms with E-state index in [0.717, 1.165) is 43.5 Å². The molecule has 3 fully saturated rings.